The average Bonchev–Trinajstić information content (AvgIpc) is 1.83. The molecule has 0 aromatic heterocycles. The fourth-order valence-electron chi connectivity index (χ4n) is 1.10. The minimum Gasteiger partial charge on any atom is -0.480 e. The molecule has 0 aliphatic carbocycles. The van der Waals surface area contributed by atoms with E-state index in [0.717, 1.165) is 6.54 Å². The molecule has 72 valence electrons. The van der Waals surface area contributed by atoms with Gasteiger partial charge in [-0.15, -0.1) is 0 Å². The highest BCUT2D eigenvalue weighted by molar-refractivity contribution is 5.69. The number of rotatable bonds is 5. The molecule has 0 saturated carbocycles. The Balaban J connectivity index is 3.95. The van der Waals surface area contributed by atoms with Crippen molar-refractivity contribution in [3.63, 3.8) is 0 Å². The van der Waals surface area contributed by atoms with Crippen molar-refractivity contribution in [1.82, 2.24) is 4.90 Å². The molecule has 0 fully saturated rings. The largest absolute Gasteiger partial charge is 0.480 e. The Morgan fingerprint density at radius 2 is 1.83 bits per heavy atom. The summed E-state index contributed by atoms with van der Waals surface area (Å²) in [5, 5.41) is 8.60. The van der Waals surface area contributed by atoms with Gasteiger partial charge in [0.05, 0.1) is 6.54 Å². The smallest absolute Gasteiger partial charge is 0.317 e. The third-order valence-corrected chi connectivity index (χ3v) is 1.67. The number of carboxylic acids is 1. The first-order chi connectivity index (χ1) is 5.43. The summed E-state index contributed by atoms with van der Waals surface area (Å²) in [6.45, 7) is 9.23. The van der Waals surface area contributed by atoms with E-state index in [9.17, 15) is 4.79 Å². The lowest BCUT2D eigenvalue weighted by Gasteiger charge is -2.26. The van der Waals surface area contributed by atoms with Gasteiger partial charge in [0.1, 0.15) is 0 Å². The normalized spacial score (nSPS) is 11.6. The summed E-state index contributed by atoms with van der Waals surface area (Å²) in [5.74, 6) is -0.226. The van der Waals surface area contributed by atoms with Gasteiger partial charge in [0.15, 0.2) is 0 Å². The van der Waals surface area contributed by atoms with Crippen molar-refractivity contribution in [2.45, 2.75) is 33.7 Å². The lowest BCUT2D eigenvalue weighted by Crippen LogP contribution is -2.38. The fraction of sp³-hybridized carbons (Fsp3) is 0.889. The van der Waals surface area contributed by atoms with E-state index in [1.807, 2.05) is 18.7 Å². The number of hydrogen-bond acceptors (Lipinski definition) is 2. The van der Waals surface area contributed by atoms with E-state index in [1.165, 1.54) is 0 Å². The summed E-state index contributed by atoms with van der Waals surface area (Å²) in [6.07, 6.45) is 0. The minimum atomic E-state index is -0.746. The molecule has 0 atom stereocenters. The van der Waals surface area contributed by atoms with Crippen LogP contribution in [0.5, 0.6) is 0 Å². The second-order valence-electron chi connectivity index (χ2n) is 3.81. The van der Waals surface area contributed by atoms with Crippen molar-refractivity contribution >= 4 is 5.97 Å². The molecule has 0 unspecified atom stereocenters. The van der Waals surface area contributed by atoms with Gasteiger partial charge in [0.25, 0.3) is 0 Å². The summed E-state index contributed by atoms with van der Waals surface area (Å²) in [7, 11) is 0. The zero-order chi connectivity index (χ0) is 9.72. The predicted molar refractivity (Wildman–Crippen MR) is 49.2 cm³/mol. The molecule has 0 heterocycles. The molecule has 3 heteroatoms. The highest BCUT2D eigenvalue weighted by atomic mass is 16.4. The van der Waals surface area contributed by atoms with Crippen molar-refractivity contribution in [1.29, 1.82) is 0 Å². The number of carbonyl (C=O) groups is 1. The number of aliphatic carboxylic acids is 1. The standard InChI is InChI=1S/C9H19NO2/c1-7(2)5-10(8(3)4)6-9(11)12/h7-8H,5-6H2,1-4H3,(H,11,12). The third kappa shape index (κ3) is 5.13. The van der Waals surface area contributed by atoms with Crippen LogP contribution in [0.25, 0.3) is 0 Å². The minimum absolute atomic E-state index is 0.149. The molecule has 0 aliphatic heterocycles. The summed E-state index contributed by atoms with van der Waals surface area (Å²) in [6, 6.07) is 0.309. The summed E-state index contributed by atoms with van der Waals surface area (Å²) < 4.78 is 0. The van der Waals surface area contributed by atoms with Gasteiger partial charge in [0.2, 0.25) is 0 Å². The molecule has 0 radical (unpaired) electrons. The molecule has 0 bridgehead atoms. The second-order valence-corrected chi connectivity index (χ2v) is 3.81. The maximum atomic E-state index is 10.5. The summed E-state index contributed by atoms with van der Waals surface area (Å²) in [4.78, 5) is 12.4. The highest BCUT2D eigenvalue weighted by Crippen LogP contribution is 2.03. The first-order valence-electron chi connectivity index (χ1n) is 4.39. The zero-order valence-electron chi connectivity index (χ0n) is 8.37. The van der Waals surface area contributed by atoms with Gasteiger partial charge in [-0.2, -0.15) is 0 Å². The van der Waals surface area contributed by atoms with Gasteiger partial charge in [-0.3, -0.25) is 9.69 Å². The quantitative estimate of drug-likeness (QED) is 0.684. The van der Waals surface area contributed by atoms with E-state index in [0.29, 0.717) is 12.0 Å². The monoisotopic (exact) mass is 173 g/mol. The lowest BCUT2D eigenvalue weighted by atomic mass is 10.2. The molecular weight excluding hydrogens is 154 g/mol. The Bertz CT molecular complexity index is 143. The van der Waals surface area contributed by atoms with Crippen LogP contribution < -0.4 is 0 Å². The van der Waals surface area contributed by atoms with Crippen molar-refractivity contribution < 1.29 is 9.90 Å². The Labute approximate surface area is 74.4 Å². The Morgan fingerprint density at radius 3 is 2.08 bits per heavy atom. The second kappa shape index (κ2) is 5.14. The molecule has 0 aliphatic rings. The fourth-order valence-corrected chi connectivity index (χ4v) is 1.10. The van der Waals surface area contributed by atoms with Crippen LogP contribution in [0.4, 0.5) is 0 Å². The zero-order valence-corrected chi connectivity index (χ0v) is 8.37. The highest BCUT2D eigenvalue weighted by Gasteiger charge is 2.13. The molecule has 0 aromatic rings. The van der Waals surface area contributed by atoms with Crippen LogP contribution in [0.2, 0.25) is 0 Å². The molecule has 0 amide bonds. The van der Waals surface area contributed by atoms with E-state index in [2.05, 4.69) is 13.8 Å². The molecule has 3 nitrogen and oxygen atoms in total. The van der Waals surface area contributed by atoms with Gasteiger partial charge in [0, 0.05) is 12.6 Å². The topological polar surface area (TPSA) is 40.5 Å². The van der Waals surface area contributed by atoms with Gasteiger partial charge in [-0.05, 0) is 19.8 Å². The summed E-state index contributed by atoms with van der Waals surface area (Å²) >= 11 is 0. The lowest BCUT2D eigenvalue weighted by molar-refractivity contribution is -0.138. The summed E-state index contributed by atoms with van der Waals surface area (Å²) in [5.41, 5.74) is 0. The first-order valence-corrected chi connectivity index (χ1v) is 4.39. The van der Waals surface area contributed by atoms with E-state index < -0.39 is 5.97 Å². The van der Waals surface area contributed by atoms with Gasteiger partial charge in [-0.25, -0.2) is 0 Å². The van der Waals surface area contributed by atoms with E-state index >= 15 is 0 Å². The molecule has 12 heavy (non-hydrogen) atoms. The van der Waals surface area contributed by atoms with Crippen LogP contribution >= 0.6 is 0 Å². The van der Waals surface area contributed by atoms with Crippen molar-refractivity contribution in [3.8, 4) is 0 Å². The van der Waals surface area contributed by atoms with Crippen LogP contribution in [0.15, 0.2) is 0 Å². The molecule has 0 rings (SSSR count). The van der Waals surface area contributed by atoms with E-state index in [1.54, 1.807) is 0 Å². The first kappa shape index (κ1) is 11.4. The average molecular weight is 173 g/mol. The molecular formula is C9H19NO2. The van der Waals surface area contributed by atoms with Crippen LogP contribution in [-0.2, 0) is 4.79 Å². The Morgan fingerprint density at radius 1 is 1.33 bits per heavy atom. The Kier molecular flexibility index (Phi) is 4.90. The SMILES string of the molecule is CC(C)CN(CC(=O)O)C(C)C. The van der Waals surface area contributed by atoms with Gasteiger partial charge >= 0.3 is 5.97 Å². The van der Waals surface area contributed by atoms with Crippen molar-refractivity contribution in [2.24, 2.45) is 5.92 Å². The van der Waals surface area contributed by atoms with E-state index in [4.69, 9.17) is 5.11 Å². The van der Waals surface area contributed by atoms with E-state index in [-0.39, 0.29) is 6.54 Å². The van der Waals surface area contributed by atoms with Crippen LogP contribution in [-0.4, -0.2) is 35.1 Å². The van der Waals surface area contributed by atoms with Crippen LogP contribution in [0.3, 0.4) is 0 Å². The van der Waals surface area contributed by atoms with Crippen molar-refractivity contribution in [3.05, 3.63) is 0 Å². The van der Waals surface area contributed by atoms with Crippen molar-refractivity contribution in [2.75, 3.05) is 13.1 Å². The molecule has 1 N–H and O–H groups in total. The molecule has 0 saturated heterocycles. The van der Waals surface area contributed by atoms with Gasteiger partial charge < -0.3 is 5.11 Å². The maximum absolute atomic E-state index is 10.5. The molecule has 0 aromatic carbocycles. The van der Waals surface area contributed by atoms with Gasteiger partial charge in [-0.1, -0.05) is 13.8 Å². The molecule has 0 spiro atoms. The maximum Gasteiger partial charge on any atom is 0.317 e. The van der Waals surface area contributed by atoms with Crippen LogP contribution in [0.1, 0.15) is 27.7 Å². The number of carboxylic acid groups (broad SMARTS) is 1. The third-order valence-electron chi connectivity index (χ3n) is 1.67. The number of hydrogen-bond donors (Lipinski definition) is 1. The predicted octanol–water partition coefficient (Wildman–Crippen LogP) is 1.44. The number of nitrogens with zero attached hydrogens (tertiary/aromatic N) is 1. The van der Waals surface area contributed by atoms with Crippen LogP contribution in [0, 0.1) is 5.92 Å². The Hall–Kier alpha value is -0.570.